The molecule has 0 saturated heterocycles. The van der Waals surface area contributed by atoms with Crippen molar-refractivity contribution < 1.29 is 0 Å². The predicted molar refractivity (Wildman–Crippen MR) is 58.3 cm³/mol. The zero-order valence-electron chi connectivity index (χ0n) is 9.19. The molecule has 0 spiro atoms. The van der Waals surface area contributed by atoms with Crippen molar-refractivity contribution in [3.63, 3.8) is 0 Å². The molecule has 0 aromatic rings. The molecular weight excluding hydrogens is 143 g/mol. The van der Waals surface area contributed by atoms with Gasteiger partial charge in [-0.15, -0.1) is 0 Å². The summed E-state index contributed by atoms with van der Waals surface area (Å²) in [5.41, 5.74) is 0. The molecule has 2 unspecified atom stereocenters. The molecule has 0 heterocycles. The number of rotatable bonds is 3. The first-order valence-corrected chi connectivity index (χ1v) is 5.64. The van der Waals surface area contributed by atoms with Crippen LogP contribution in [-0.4, -0.2) is 7.85 Å². The lowest BCUT2D eigenvalue weighted by Gasteiger charge is -2.34. The molecule has 0 aliphatic heterocycles. The van der Waals surface area contributed by atoms with Crippen LogP contribution in [0.25, 0.3) is 0 Å². The smallest absolute Gasteiger partial charge is 0.0655 e. The maximum Gasteiger partial charge on any atom is 0.109 e. The monoisotopic (exact) mass is 166 g/mol. The van der Waals surface area contributed by atoms with E-state index < -0.39 is 0 Å². The molecule has 1 aliphatic rings. The zero-order chi connectivity index (χ0) is 9.19. The molecule has 1 fully saturated rings. The molecule has 0 amide bonds. The summed E-state index contributed by atoms with van der Waals surface area (Å²) in [5.74, 6) is 1.95. The van der Waals surface area contributed by atoms with E-state index in [1.807, 2.05) is 0 Å². The van der Waals surface area contributed by atoms with Gasteiger partial charge in [0.25, 0.3) is 0 Å². The van der Waals surface area contributed by atoms with Gasteiger partial charge in [0.15, 0.2) is 0 Å². The molecule has 70 valence electrons. The average molecular weight is 166 g/mol. The lowest BCUT2D eigenvalue weighted by atomic mass is 9.57. The predicted octanol–water partition coefficient (Wildman–Crippen LogP) is 3.03. The van der Waals surface area contributed by atoms with Crippen LogP contribution in [0.5, 0.6) is 0 Å². The molecule has 1 saturated carbocycles. The molecule has 0 N–H and O–H groups in total. The maximum atomic E-state index is 2.50. The second kappa shape index (κ2) is 3.85. The maximum absolute atomic E-state index is 2.50. The molecule has 0 aromatic heterocycles. The summed E-state index contributed by atoms with van der Waals surface area (Å²) in [7, 11) is 2.50. The van der Waals surface area contributed by atoms with Crippen LogP contribution in [0.1, 0.15) is 52.9 Å². The standard InChI is InChI=1S/C11H23B/c1-4-9(3)10-7-6-8-11(10,12)5-2/h9-10H,4-8,12H2,1-3H3/t9-,10?,11?/m1/s1. The fraction of sp³-hybridized carbons (Fsp3) is 1.00. The van der Waals surface area contributed by atoms with Crippen LogP contribution in [-0.2, 0) is 0 Å². The molecule has 1 heteroatoms. The van der Waals surface area contributed by atoms with Gasteiger partial charge in [0, 0.05) is 0 Å². The first kappa shape index (κ1) is 10.1. The van der Waals surface area contributed by atoms with Crippen LogP contribution in [0.15, 0.2) is 0 Å². The summed E-state index contributed by atoms with van der Waals surface area (Å²) in [6.07, 6.45) is 7.17. The van der Waals surface area contributed by atoms with E-state index in [9.17, 15) is 0 Å². The molecule has 0 nitrogen and oxygen atoms in total. The lowest BCUT2D eigenvalue weighted by Crippen LogP contribution is -2.23. The van der Waals surface area contributed by atoms with Gasteiger partial charge in [0.1, 0.15) is 7.85 Å². The Morgan fingerprint density at radius 2 is 2.17 bits per heavy atom. The van der Waals surface area contributed by atoms with E-state index in [1.165, 1.54) is 32.1 Å². The van der Waals surface area contributed by atoms with Crippen LogP contribution in [0.3, 0.4) is 0 Å². The minimum atomic E-state index is 0.676. The summed E-state index contributed by atoms with van der Waals surface area (Å²) in [6.45, 7) is 7.13. The fourth-order valence-electron chi connectivity index (χ4n) is 2.95. The van der Waals surface area contributed by atoms with Crippen molar-refractivity contribution in [1.82, 2.24) is 0 Å². The molecular formula is C11H23B. The second-order valence-electron chi connectivity index (χ2n) is 4.89. The Labute approximate surface area is 78.5 Å². The van der Waals surface area contributed by atoms with Gasteiger partial charge in [-0.2, -0.15) is 0 Å². The van der Waals surface area contributed by atoms with Gasteiger partial charge < -0.3 is 0 Å². The van der Waals surface area contributed by atoms with Gasteiger partial charge in [-0.25, -0.2) is 0 Å². The van der Waals surface area contributed by atoms with E-state index in [-0.39, 0.29) is 0 Å². The highest BCUT2D eigenvalue weighted by molar-refractivity contribution is 6.15. The Kier molecular flexibility index (Phi) is 3.26. The highest BCUT2D eigenvalue weighted by Gasteiger charge is 2.38. The SMILES string of the molecule is BC1(CC)CCCC1[C@H](C)CC. The Balaban J connectivity index is 2.63. The van der Waals surface area contributed by atoms with Crippen LogP contribution >= 0.6 is 0 Å². The average Bonchev–Trinajstić information content (AvgIpc) is 2.47. The van der Waals surface area contributed by atoms with Crippen molar-refractivity contribution in [3.8, 4) is 0 Å². The molecule has 1 aliphatic carbocycles. The van der Waals surface area contributed by atoms with Crippen LogP contribution in [0.4, 0.5) is 0 Å². The highest BCUT2D eigenvalue weighted by Crippen LogP contribution is 2.53. The largest absolute Gasteiger partial charge is 0.109 e. The van der Waals surface area contributed by atoms with Crippen molar-refractivity contribution in [1.29, 1.82) is 0 Å². The van der Waals surface area contributed by atoms with E-state index >= 15 is 0 Å². The fourth-order valence-corrected chi connectivity index (χ4v) is 2.95. The summed E-state index contributed by atoms with van der Waals surface area (Å²) in [6, 6.07) is 0. The van der Waals surface area contributed by atoms with Crippen LogP contribution < -0.4 is 0 Å². The first-order chi connectivity index (χ1) is 5.64. The molecule has 0 aromatic carbocycles. The van der Waals surface area contributed by atoms with Gasteiger partial charge in [-0.3, -0.25) is 0 Å². The van der Waals surface area contributed by atoms with Crippen molar-refractivity contribution in [2.75, 3.05) is 0 Å². The third-order valence-corrected chi connectivity index (χ3v) is 4.30. The minimum Gasteiger partial charge on any atom is -0.0655 e. The van der Waals surface area contributed by atoms with Crippen LogP contribution in [0.2, 0.25) is 5.31 Å². The Morgan fingerprint density at radius 1 is 1.50 bits per heavy atom. The van der Waals surface area contributed by atoms with E-state index in [0.717, 1.165) is 11.8 Å². The summed E-state index contributed by atoms with van der Waals surface area (Å²) >= 11 is 0. The van der Waals surface area contributed by atoms with E-state index in [2.05, 4.69) is 28.6 Å². The van der Waals surface area contributed by atoms with Crippen molar-refractivity contribution in [2.24, 2.45) is 11.8 Å². The highest BCUT2D eigenvalue weighted by atomic mass is 14.4. The summed E-state index contributed by atoms with van der Waals surface area (Å²) in [4.78, 5) is 0. The van der Waals surface area contributed by atoms with E-state index in [1.54, 1.807) is 0 Å². The van der Waals surface area contributed by atoms with Gasteiger partial charge >= 0.3 is 0 Å². The lowest BCUT2D eigenvalue weighted by molar-refractivity contribution is 0.281. The molecule has 3 atom stereocenters. The van der Waals surface area contributed by atoms with Gasteiger partial charge in [-0.1, -0.05) is 58.2 Å². The molecule has 1 rings (SSSR count). The number of hydrogen-bond donors (Lipinski definition) is 0. The van der Waals surface area contributed by atoms with Gasteiger partial charge in [-0.05, 0) is 11.8 Å². The van der Waals surface area contributed by atoms with Crippen molar-refractivity contribution in [2.45, 2.75) is 58.2 Å². The summed E-state index contributed by atoms with van der Waals surface area (Å²) < 4.78 is 0. The molecule has 0 radical (unpaired) electrons. The zero-order valence-corrected chi connectivity index (χ0v) is 9.19. The van der Waals surface area contributed by atoms with Gasteiger partial charge in [0.05, 0.1) is 0 Å². The minimum absolute atomic E-state index is 0.676. The Morgan fingerprint density at radius 3 is 2.67 bits per heavy atom. The third kappa shape index (κ3) is 1.70. The van der Waals surface area contributed by atoms with Gasteiger partial charge in [0.2, 0.25) is 0 Å². The Hall–Kier alpha value is 0.0649. The van der Waals surface area contributed by atoms with E-state index in [0.29, 0.717) is 5.31 Å². The van der Waals surface area contributed by atoms with Crippen molar-refractivity contribution >= 4 is 7.85 Å². The topological polar surface area (TPSA) is 0 Å². The quantitative estimate of drug-likeness (QED) is 0.565. The summed E-state index contributed by atoms with van der Waals surface area (Å²) in [5, 5.41) is 0.676. The van der Waals surface area contributed by atoms with Crippen molar-refractivity contribution in [3.05, 3.63) is 0 Å². The first-order valence-electron chi connectivity index (χ1n) is 5.64. The van der Waals surface area contributed by atoms with Crippen LogP contribution in [0, 0.1) is 11.8 Å². The number of hydrogen-bond acceptors (Lipinski definition) is 0. The molecule has 12 heavy (non-hydrogen) atoms. The van der Waals surface area contributed by atoms with E-state index in [4.69, 9.17) is 0 Å². The Bertz CT molecular complexity index is 144. The molecule has 0 bridgehead atoms. The normalized spacial score (nSPS) is 38.4. The third-order valence-electron chi connectivity index (χ3n) is 4.30. The second-order valence-corrected chi connectivity index (χ2v) is 4.89.